The number of rotatable bonds is 19. The molecule has 4 aliphatic carbocycles. The van der Waals surface area contributed by atoms with Crippen molar-refractivity contribution in [1.29, 1.82) is 0 Å². The normalized spacial score (nSPS) is 43.7. The molecule has 4 saturated carbocycles. The number of aliphatic hydroxyl groups is 9. The maximum atomic E-state index is 11.0. The monoisotopic (exact) mass is 953 g/mol. The van der Waals surface area contributed by atoms with E-state index in [9.17, 15) is 46.0 Å². The minimum Gasteiger partial charge on any atom is -0.394 e. The highest BCUT2D eigenvalue weighted by molar-refractivity contribution is 5.15. The van der Waals surface area contributed by atoms with E-state index in [4.69, 9.17) is 28.4 Å². The van der Waals surface area contributed by atoms with Gasteiger partial charge in [0.25, 0.3) is 0 Å². The molecule has 6 aliphatic rings. The van der Waals surface area contributed by atoms with E-state index in [-0.39, 0.29) is 42.4 Å². The molecule has 0 bridgehead atoms. The van der Waals surface area contributed by atoms with Crippen molar-refractivity contribution in [2.24, 2.45) is 46.3 Å². The van der Waals surface area contributed by atoms with E-state index in [0.717, 1.165) is 57.8 Å². The molecule has 6 fully saturated rings. The third-order valence-electron chi connectivity index (χ3n) is 17.2. The van der Waals surface area contributed by atoms with Crippen molar-refractivity contribution in [2.75, 3.05) is 26.4 Å². The molecule has 4 unspecified atom stereocenters. The zero-order valence-electron chi connectivity index (χ0n) is 39.3. The molecule has 67 heavy (non-hydrogen) atoms. The van der Waals surface area contributed by atoms with Gasteiger partial charge in [-0.1, -0.05) is 51.0 Å². The van der Waals surface area contributed by atoms with Crippen molar-refractivity contribution in [1.82, 2.24) is 30.0 Å². The zero-order valence-corrected chi connectivity index (χ0v) is 39.3. The average molecular weight is 953 g/mol. The van der Waals surface area contributed by atoms with Gasteiger partial charge in [-0.3, -0.25) is 0 Å². The second kappa shape index (κ2) is 21.6. The molecule has 21 nitrogen and oxygen atoms in total. The fourth-order valence-electron chi connectivity index (χ4n) is 13.5. The summed E-state index contributed by atoms with van der Waals surface area (Å²) >= 11 is 0. The average Bonchev–Trinajstić information content (AvgIpc) is 4.07. The molecule has 0 amide bonds. The third-order valence-corrected chi connectivity index (χ3v) is 17.2. The fourth-order valence-corrected chi connectivity index (χ4v) is 13.5. The lowest BCUT2D eigenvalue weighted by molar-refractivity contribution is -0.304. The molecule has 2 aromatic rings. The zero-order chi connectivity index (χ0) is 47.8. The molecule has 8 rings (SSSR count). The fraction of sp³-hybridized carbons (Fsp3) is 0.913. The Labute approximate surface area is 391 Å². The van der Waals surface area contributed by atoms with Gasteiger partial charge >= 0.3 is 0 Å². The Morgan fingerprint density at radius 3 is 1.82 bits per heavy atom. The van der Waals surface area contributed by atoms with E-state index in [1.807, 2.05) is 0 Å². The molecule has 380 valence electrons. The standard InChI is InChI=1S/C46H76N6O15/c1-5-6-24(2)29-7-8-30-36-31(17-35(46(29,30)4)63-14-12-52-19-27(48-50-52)23-65-44-42(61)40(59)38(57)34(21-54)67-44)45(3)10-9-28(55)15-25(45)16-32(36)62-13-11-51-18-26(47-49-51)22-64-43-41(60)39(58)37(56)33(20-53)66-43/h18-19,24-25,28-44,53-61H,5-17,20-23H2,1-4H3/t24-,25+,28-,29-,30+,31+,32-,33?,34?,35+,36+,37-,38-,39?,40?,41+,42+,43-,44-,45+,46-/m1/s1. The van der Waals surface area contributed by atoms with E-state index in [0.29, 0.717) is 73.2 Å². The summed E-state index contributed by atoms with van der Waals surface area (Å²) in [5.74, 6) is 2.28. The Bertz CT molecular complexity index is 1880. The lowest BCUT2D eigenvalue weighted by atomic mass is 9.43. The van der Waals surface area contributed by atoms with E-state index in [1.165, 1.54) is 0 Å². The van der Waals surface area contributed by atoms with Crippen molar-refractivity contribution in [3.05, 3.63) is 23.8 Å². The first-order valence-electron chi connectivity index (χ1n) is 24.6. The first kappa shape index (κ1) is 51.0. The van der Waals surface area contributed by atoms with Gasteiger partial charge in [0, 0.05) is 5.41 Å². The van der Waals surface area contributed by atoms with E-state index < -0.39 is 74.6 Å². The van der Waals surface area contributed by atoms with Crippen LogP contribution in [0.5, 0.6) is 0 Å². The highest BCUT2D eigenvalue weighted by Gasteiger charge is 2.66. The van der Waals surface area contributed by atoms with Gasteiger partial charge < -0.3 is 74.4 Å². The van der Waals surface area contributed by atoms with Crippen LogP contribution in [0.3, 0.4) is 0 Å². The van der Waals surface area contributed by atoms with Gasteiger partial charge in [0.05, 0.1) is 83.4 Å². The Balaban J connectivity index is 0.934. The topological polar surface area (TPSA) is 299 Å². The van der Waals surface area contributed by atoms with E-state index in [1.54, 1.807) is 21.8 Å². The lowest BCUT2D eigenvalue weighted by Gasteiger charge is -2.64. The smallest absolute Gasteiger partial charge is 0.187 e. The predicted molar refractivity (Wildman–Crippen MR) is 233 cm³/mol. The van der Waals surface area contributed by atoms with Crippen molar-refractivity contribution in [3.8, 4) is 0 Å². The maximum absolute atomic E-state index is 11.0. The second-order valence-electron chi connectivity index (χ2n) is 20.9. The molecule has 0 spiro atoms. The van der Waals surface area contributed by atoms with Crippen molar-refractivity contribution in [3.63, 3.8) is 0 Å². The van der Waals surface area contributed by atoms with E-state index >= 15 is 0 Å². The maximum Gasteiger partial charge on any atom is 0.187 e. The summed E-state index contributed by atoms with van der Waals surface area (Å²) in [6.45, 7) is 10.1. The Hall–Kier alpha value is -2.32. The van der Waals surface area contributed by atoms with Crippen LogP contribution < -0.4 is 0 Å². The van der Waals surface area contributed by atoms with Gasteiger partial charge in [-0.05, 0) is 85.9 Å². The second-order valence-corrected chi connectivity index (χ2v) is 20.9. The molecule has 4 heterocycles. The lowest BCUT2D eigenvalue weighted by Crippen LogP contribution is -2.63. The van der Waals surface area contributed by atoms with Gasteiger partial charge in [-0.25, -0.2) is 9.36 Å². The van der Waals surface area contributed by atoms with E-state index in [2.05, 4.69) is 48.3 Å². The van der Waals surface area contributed by atoms with Gasteiger partial charge in [0.2, 0.25) is 0 Å². The molecule has 0 radical (unpaired) electrons. The van der Waals surface area contributed by atoms with Crippen LogP contribution in [0.2, 0.25) is 0 Å². The van der Waals surface area contributed by atoms with Gasteiger partial charge in [-0.15, -0.1) is 10.2 Å². The number of aromatic nitrogens is 6. The highest BCUT2D eigenvalue weighted by atomic mass is 16.7. The molecule has 2 aliphatic heterocycles. The largest absolute Gasteiger partial charge is 0.394 e. The molecule has 2 saturated heterocycles. The Kier molecular flexibility index (Phi) is 16.4. The summed E-state index contributed by atoms with van der Waals surface area (Å²) in [5.41, 5.74) is 0.858. The minimum absolute atomic E-state index is 0.00934. The van der Waals surface area contributed by atoms with Crippen LogP contribution in [0.4, 0.5) is 0 Å². The number of hydrogen-bond donors (Lipinski definition) is 9. The van der Waals surface area contributed by atoms with Crippen LogP contribution in [0, 0.1) is 46.3 Å². The number of hydrogen-bond acceptors (Lipinski definition) is 19. The van der Waals surface area contributed by atoms with Crippen LogP contribution in [0.25, 0.3) is 0 Å². The van der Waals surface area contributed by atoms with Crippen LogP contribution in [0.1, 0.15) is 96.9 Å². The number of nitrogens with zero attached hydrogens (tertiary/aromatic N) is 6. The van der Waals surface area contributed by atoms with Gasteiger partial charge in [0.15, 0.2) is 12.6 Å². The summed E-state index contributed by atoms with van der Waals surface area (Å²) in [5, 5.41) is 108. The van der Waals surface area contributed by atoms with Crippen molar-refractivity contribution >= 4 is 0 Å². The van der Waals surface area contributed by atoms with Crippen LogP contribution >= 0.6 is 0 Å². The highest BCUT2D eigenvalue weighted by Crippen LogP contribution is 2.69. The SMILES string of the molecule is CCC[C@@H](C)[C@H]1CC[C@H]2[C@@H]3[C@H](OCCn4cc(CO[C@@H]5OC(CO)[C@@H](O)C(O)[C@@H]5O)nn4)C[C@@H]4C[C@H](O)CC[C@]4(C)[C@H]3C[C@H](OCCn3cc(CO[C@@H]4OC(CO)[C@@H](O)C(O)[C@@H]4O)nn3)[C@]12C. The minimum atomic E-state index is -1.54. The molecule has 2 aromatic heterocycles. The first-order valence-corrected chi connectivity index (χ1v) is 24.6. The van der Waals surface area contributed by atoms with Crippen LogP contribution in [-0.2, 0) is 54.7 Å². The predicted octanol–water partition coefficient (Wildman–Crippen LogP) is -0.351. The molecular weight excluding hydrogens is 877 g/mol. The van der Waals surface area contributed by atoms with Gasteiger partial charge in [0.1, 0.15) is 60.2 Å². The van der Waals surface area contributed by atoms with Crippen molar-refractivity contribution in [2.45, 2.75) is 192 Å². The summed E-state index contributed by atoms with van der Waals surface area (Å²) in [7, 11) is 0. The molecule has 0 aromatic carbocycles. The Morgan fingerprint density at radius 2 is 1.27 bits per heavy atom. The number of ether oxygens (including phenoxy) is 6. The summed E-state index contributed by atoms with van der Waals surface area (Å²) in [6, 6.07) is 0. The van der Waals surface area contributed by atoms with Gasteiger partial charge in [-0.2, -0.15) is 0 Å². The number of aliphatic hydroxyl groups excluding tert-OH is 9. The summed E-state index contributed by atoms with van der Waals surface area (Å²) in [4.78, 5) is 0. The third kappa shape index (κ3) is 10.3. The molecular formula is C46H76N6O15. The Morgan fingerprint density at radius 1 is 0.701 bits per heavy atom. The van der Waals surface area contributed by atoms with Crippen LogP contribution in [0.15, 0.2) is 12.4 Å². The number of fused-ring (bicyclic) bond motifs is 5. The molecule has 9 N–H and O–H groups in total. The summed E-state index contributed by atoms with van der Waals surface area (Å²) in [6.07, 6.45) is -1.88. The summed E-state index contributed by atoms with van der Waals surface area (Å²) < 4.78 is 39.9. The van der Waals surface area contributed by atoms with Crippen LogP contribution in [-0.4, -0.2) is 182 Å². The molecule has 21 heteroatoms. The first-order chi connectivity index (χ1) is 32.1. The quantitative estimate of drug-likeness (QED) is 0.0870. The van der Waals surface area contributed by atoms with Crippen molar-refractivity contribution < 1.29 is 74.4 Å². The molecule has 21 atom stereocenters.